The lowest BCUT2D eigenvalue weighted by atomic mass is 9.84. The van der Waals surface area contributed by atoms with Crippen LogP contribution in [0.25, 0.3) is 0 Å². The van der Waals surface area contributed by atoms with Gasteiger partial charge in [0, 0.05) is 28.9 Å². The lowest BCUT2D eigenvalue weighted by molar-refractivity contribution is -0.151. The van der Waals surface area contributed by atoms with Crippen LogP contribution in [0.15, 0.2) is 81.4 Å². The molecule has 1 saturated heterocycles. The number of nitrogens with zero attached hydrogens (tertiary/aromatic N) is 2. The second kappa shape index (κ2) is 18.6. The van der Waals surface area contributed by atoms with Gasteiger partial charge in [0.1, 0.15) is 28.0 Å². The molecule has 1 unspecified atom stereocenters. The Kier molecular flexibility index (Phi) is 14.0. The van der Waals surface area contributed by atoms with Crippen molar-refractivity contribution in [3.8, 4) is 0 Å². The number of esters is 1. The minimum atomic E-state index is -4.38. The van der Waals surface area contributed by atoms with Crippen molar-refractivity contribution in [2.75, 3.05) is 23.0 Å². The molecule has 2 aliphatic heterocycles. The van der Waals surface area contributed by atoms with Gasteiger partial charge in [-0.05, 0) is 81.0 Å². The molecule has 0 bridgehead atoms. The summed E-state index contributed by atoms with van der Waals surface area (Å²) >= 11 is 7.51. The predicted octanol–water partition coefficient (Wildman–Crippen LogP) is 4.20. The highest BCUT2D eigenvalue weighted by Crippen LogP contribution is 2.41. The van der Waals surface area contributed by atoms with E-state index in [-0.39, 0.29) is 58.8 Å². The molecule has 2 fully saturated rings. The molecule has 1 aliphatic carbocycles. The zero-order chi connectivity index (χ0) is 42.6. The molecule has 0 aromatic heterocycles. The van der Waals surface area contributed by atoms with Gasteiger partial charge in [-0.3, -0.25) is 19.7 Å². The van der Waals surface area contributed by atoms with Crippen LogP contribution >= 0.6 is 23.4 Å². The second-order valence-electron chi connectivity index (χ2n) is 14.7. The lowest BCUT2D eigenvalue weighted by Gasteiger charge is -2.37. The van der Waals surface area contributed by atoms with E-state index in [1.807, 2.05) is 0 Å². The van der Waals surface area contributed by atoms with Crippen LogP contribution in [0.1, 0.15) is 57.9 Å². The molecule has 6 N–H and O–H groups in total. The molecular weight excluding hydrogens is 844 g/mol. The quantitative estimate of drug-likeness (QED) is 0.106. The number of carboxylic acids is 1. The van der Waals surface area contributed by atoms with E-state index < -0.39 is 67.1 Å². The average molecular weight is 891 g/mol. The molecular formula is C39H47ClN6O10S3. The Bertz CT molecular complexity index is 2290. The maximum absolute atomic E-state index is 14.0. The number of thioether (sulfide) groups is 1. The van der Waals surface area contributed by atoms with Crippen LogP contribution in [0.3, 0.4) is 0 Å². The van der Waals surface area contributed by atoms with Crippen LogP contribution < -0.4 is 21.1 Å². The number of ether oxygens (including phenoxy) is 1. The standard InChI is InChI=1S/C39H47ClN6O10S3/c1-3-56-39(51)30(42-23(2)37(48)46-31-12-8-7-11-25(31)17-32(46)38(49)50)22-57-27-15-13-26(14-16-27)43-36(47)20-35-44-29-18-28(40)33(58(41,52)53)19-34(29)59(54,55)45(35)21-24-9-5-4-6-10-24/h4-6,9-10,13-16,18-19,23,25,30-32,35,42,44H,3,7-8,11-12,17,20-22H2,1-2H3,(H,43,47)(H,49,50)(H2,41,52,53)/t23?,25-,30-,31-,32+,35+/m1/s1. The van der Waals surface area contributed by atoms with Crippen molar-refractivity contribution >= 4 is 78.5 Å². The monoisotopic (exact) mass is 890 g/mol. The van der Waals surface area contributed by atoms with E-state index >= 15 is 0 Å². The smallest absolute Gasteiger partial charge is 0.326 e. The maximum Gasteiger partial charge on any atom is 0.326 e. The molecule has 59 heavy (non-hydrogen) atoms. The first-order valence-corrected chi connectivity index (χ1v) is 23.5. The summed E-state index contributed by atoms with van der Waals surface area (Å²) in [6, 6.07) is 14.7. The molecule has 3 aromatic carbocycles. The number of sulfonamides is 2. The van der Waals surface area contributed by atoms with Gasteiger partial charge in [0.25, 0.3) is 0 Å². The number of halogens is 1. The third kappa shape index (κ3) is 10.2. The molecule has 3 aliphatic rings. The number of benzene rings is 3. The molecule has 0 spiro atoms. The molecule has 2 heterocycles. The van der Waals surface area contributed by atoms with E-state index in [1.54, 1.807) is 68.4 Å². The average Bonchev–Trinajstić information content (AvgIpc) is 3.58. The number of nitrogens with one attached hydrogen (secondary N) is 3. The molecule has 0 radical (unpaired) electrons. The van der Waals surface area contributed by atoms with Gasteiger partial charge in [-0.1, -0.05) is 54.8 Å². The summed E-state index contributed by atoms with van der Waals surface area (Å²) in [5.41, 5.74) is 1.05. The molecule has 1 saturated carbocycles. The van der Waals surface area contributed by atoms with E-state index in [9.17, 15) is 41.1 Å². The minimum Gasteiger partial charge on any atom is -0.480 e. The summed E-state index contributed by atoms with van der Waals surface area (Å²) < 4.78 is 58.8. The number of hydrogen-bond donors (Lipinski definition) is 5. The van der Waals surface area contributed by atoms with Crippen molar-refractivity contribution in [3.05, 3.63) is 77.3 Å². The molecule has 16 nitrogen and oxygen atoms in total. The highest BCUT2D eigenvalue weighted by atomic mass is 35.5. The fourth-order valence-electron chi connectivity index (χ4n) is 7.96. The van der Waals surface area contributed by atoms with Crippen LogP contribution in [0.4, 0.5) is 11.4 Å². The lowest BCUT2D eigenvalue weighted by Crippen LogP contribution is -2.56. The van der Waals surface area contributed by atoms with Gasteiger partial charge in [0.2, 0.25) is 31.9 Å². The third-order valence-corrected chi connectivity index (χ3v) is 15.1. The highest BCUT2D eigenvalue weighted by Gasteiger charge is 2.48. The number of hydrogen-bond acceptors (Lipinski definition) is 12. The normalized spacial score (nSPS) is 22.3. The topological polar surface area (TPSA) is 235 Å². The van der Waals surface area contributed by atoms with Gasteiger partial charge < -0.3 is 25.4 Å². The summed E-state index contributed by atoms with van der Waals surface area (Å²) in [6.45, 7) is 3.30. The Labute approximate surface area is 352 Å². The molecule has 6 atom stereocenters. The van der Waals surface area contributed by atoms with Crippen molar-refractivity contribution in [1.29, 1.82) is 0 Å². The van der Waals surface area contributed by atoms with Crippen molar-refractivity contribution in [2.24, 2.45) is 11.1 Å². The summed E-state index contributed by atoms with van der Waals surface area (Å²) in [5, 5.41) is 23.9. The van der Waals surface area contributed by atoms with E-state index in [0.717, 1.165) is 47.0 Å². The van der Waals surface area contributed by atoms with Crippen LogP contribution in [0.2, 0.25) is 5.02 Å². The summed E-state index contributed by atoms with van der Waals surface area (Å²) in [6.07, 6.45) is 2.57. The van der Waals surface area contributed by atoms with Crippen LogP contribution in [0.5, 0.6) is 0 Å². The zero-order valence-corrected chi connectivity index (χ0v) is 35.6. The number of carbonyl (C=O) groups excluding carboxylic acids is 3. The zero-order valence-electron chi connectivity index (χ0n) is 32.4. The van der Waals surface area contributed by atoms with Crippen LogP contribution in [0, 0.1) is 5.92 Å². The Balaban J connectivity index is 1.11. The first-order chi connectivity index (χ1) is 28.0. The summed E-state index contributed by atoms with van der Waals surface area (Å²) in [5.74, 6) is -2.14. The number of primary sulfonamides is 1. The van der Waals surface area contributed by atoms with E-state index in [2.05, 4.69) is 16.0 Å². The molecule has 318 valence electrons. The maximum atomic E-state index is 14.0. The van der Waals surface area contributed by atoms with E-state index in [1.165, 1.54) is 16.7 Å². The van der Waals surface area contributed by atoms with Crippen molar-refractivity contribution in [1.82, 2.24) is 14.5 Å². The minimum absolute atomic E-state index is 0.0126. The van der Waals surface area contributed by atoms with Gasteiger partial charge in [-0.2, -0.15) is 4.31 Å². The fourth-order valence-corrected chi connectivity index (χ4v) is 11.7. The number of rotatable bonds is 15. The summed E-state index contributed by atoms with van der Waals surface area (Å²) in [7, 11) is -8.74. The number of carbonyl (C=O) groups is 4. The second-order valence-corrected chi connectivity index (χ2v) is 19.6. The van der Waals surface area contributed by atoms with Gasteiger partial charge in [-0.25, -0.2) is 26.8 Å². The SMILES string of the molecule is CCOC(=O)[C@@H](CSc1ccc(NC(=O)C[C@H]2Nc3cc(Cl)c(S(N)(=O)=O)cc3S(=O)(=O)N2Cc2ccccc2)cc1)NC(C)C(=O)N1[C@@H]2CCCC[C@@H]2C[C@H]1C(=O)O. The van der Waals surface area contributed by atoms with Gasteiger partial charge in [-0.15, -0.1) is 11.8 Å². The number of aliphatic carboxylic acids is 1. The van der Waals surface area contributed by atoms with Gasteiger partial charge >= 0.3 is 11.9 Å². The van der Waals surface area contributed by atoms with Gasteiger partial charge in [0.05, 0.1) is 29.8 Å². The van der Waals surface area contributed by atoms with Crippen molar-refractivity contribution in [3.63, 3.8) is 0 Å². The Morgan fingerprint density at radius 2 is 1.76 bits per heavy atom. The first-order valence-electron chi connectivity index (χ1n) is 19.2. The fraction of sp³-hybridized carbons (Fsp3) is 0.436. The Morgan fingerprint density at radius 1 is 1.07 bits per heavy atom. The number of amides is 2. The third-order valence-electron chi connectivity index (χ3n) is 10.7. The Morgan fingerprint density at radius 3 is 2.42 bits per heavy atom. The van der Waals surface area contributed by atoms with E-state index in [4.69, 9.17) is 21.5 Å². The number of nitrogens with two attached hydrogens (primary N) is 1. The van der Waals surface area contributed by atoms with Crippen LogP contribution in [-0.4, -0.2) is 97.6 Å². The van der Waals surface area contributed by atoms with Crippen molar-refractivity contribution in [2.45, 2.75) is 104 Å². The summed E-state index contributed by atoms with van der Waals surface area (Å²) in [4.78, 5) is 53.7. The Hall–Kier alpha value is -4.24. The molecule has 6 rings (SSSR count). The number of fused-ring (bicyclic) bond motifs is 2. The highest BCUT2D eigenvalue weighted by molar-refractivity contribution is 7.99. The largest absolute Gasteiger partial charge is 0.480 e. The van der Waals surface area contributed by atoms with Crippen LogP contribution in [-0.2, 0) is 50.5 Å². The molecule has 3 aromatic rings. The number of carboxylic acid groups (broad SMARTS) is 1. The molecule has 20 heteroatoms. The number of anilines is 2. The van der Waals surface area contributed by atoms with Gasteiger partial charge in [0.15, 0.2) is 0 Å². The molecule has 2 amide bonds. The first kappa shape index (κ1) is 44.3. The van der Waals surface area contributed by atoms with Crippen molar-refractivity contribution < 1.29 is 45.9 Å². The van der Waals surface area contributed by atoms with E-state index in [0.29, 0.717) is 17.7 Å². The number of likely N-dealkylation sites (tertiary alicyclic amines) is 1. The predicted molar refractivity (Wildman–Crippen MR) is 221 cm³/mol.